The molecule has 1 aromatic heterocycles. The highest BCUT2D eigenvalue weighted by atomic mass is 32.2. The van der Waals surface area contributed by atoms with E-state index < -0.39 is 0 Å². The molecule has 0 aliphatic heterocycles. The topological polar surface area (TPSA) is 46.0 Å². The number of hydrogen-bond acceptors (Lipinski definition) is 4. The van der Waals surface area contributed by atoms with Crippen LogP contribution in [0.5, 0.6) is 0 Å². The molecule has 3 nitrogen and oxygen atoms in total. The van der Waals surface area contributed by atoms with E-state index in [1.165, 1.54) is 0 Å². The van der Waals surface area contributed by atoms with Crippen LogP contribution < -0.4 is 0 Å². The van der Waals surface area contributed by atoms with Gasteiger partial charge in [-0.1, -0.05) is 11.8 Å². The van der Waals surface area contributed by atoms with Crippen LogP contribution in [0.3, 0.4) is 0 Å². The first-order valence-corrected chi connectivity index (χ1v) is 5.31. The van der Waals surface area contributed by atoms with Crippen LogP contribution in [0.2, 0.25) is 0 Å². The number of thioether (sulfide) groups is 1. The van der Waals surface area contributed by atoms with Gasteiger partial charge in [-0.2, -0.15) is 0 Å². The number of hydrogen-bond donors (Lipinski definition) is 1. The van der Waals surface area contributed by atoms with Crippen molar-refractivity contribution in [3.8, 4) is 0 Å². The Balaban J connectivity index is 1.81. The highest BCUT2D eigenvalue weighted by Crippen LogP contribution is 2.38. The largest absolute Gasteiger partial charge is 0.396 e. The van der Waals surface area contributed by atoms with Crippen LogP contribution in [0.1, 0.15) is 12.8 Å². The van der Waals surface area contributed by atoms with Gasteiger partial charge in [-0.05, 0) is 24.8 Å². The summed E-state index contributed by atoms with van der Waals surface area (Å²) in [6.07, 6.45) is 5.72. The molecule has 70 valence electrons. The van der Waals surface area contributed by atoms with Crippen LogP contribution in [0, 0.1) is 5.92 Å². The Morgan fingerprint density at radius 3 is 2.69 bits per heavy atom. The van der Waals surface area contributed by atoms with E-state index in [-0.39, 0.29) is 0 Å². The van der Waals surface area contributed by atoms with Gasteiger partial charge in [0.15, 0.2) is 5.16 Å². The molecular formula is C9H12N2OS. The van der Waals surface area contributed by atoms with E-state index in [4.69, 9.17) is 5.11 Å². The minimum Gasteiger partial charge on any atom is -0.396 e. The molecule has 13 heavy (non-hydrogen) atoms. The third kappa shape index (κ3) is 2.19. The molecule has 1 fully saturated rings. The number of aliphatic hydroxyl groups excluding tert-OH is 1. The summed E-state index contributed by atoms with van der Waals surface area (Å²) in [5.74, 6) is 0.515. The normalized spacial score (nSPS) is 26.8. The highest BCUT2D eigenvalue weighted by Gasteiger charge is 2.29. The van der Waals surface area contributed by atoms with Crippen LogP contribution in [0.15, 0.2) is 23.6 Å². The molecule has 1 aliphatic rings. The second-order valence-corrected chi connectivity index (χ2v) is 4.56. The van der Waals surface area contributed by atoms with Gasteiger partial charge in [-0.15, -0.1) is 0 Å². The van der Waals surface area contributed by atoms with Crippen molar-refractivity contribution in [3.05, 3.63) is 18.5 Å². The molecule has 0 amide bonds. The molecule has 0 spiro atoms. The van der Waals surface area contributed by atoms with Crippen molar-refractivity contribution in [2.75, 3.05) is 6.61 Å². The number of nitrogens with zero attached hydrogens (tertiary/aromatic N) is 2. The average molecular weight is 196 g/mol. The number of rotatable bonds is 3. The van der Waals surface area contributed by atoms with Crippen molar-refractivity contribution in [2.45, 2.75) is 23.2 Å². The van der Waals surface area contributed by atoms with Gasteiger partial charge in [-0.25, -0.2) is 9.97 Å². The lowest BCUT2D eigenvalue weighted by Gasteiger charge is -2.32. The van der Waals surface area contributed by atoms with Crippen LogP contribution >= 0.6 is 11.8 Å². The first kappa shape index (κ1) is 8.97. The summed E-state index contributed by atoms with van der Waals surface area (Å²) in [5, 5.41) is 10.3. The predicted octanol–water partition coefficient (Wildman–Crippen LogP) is 1.34. The quantitative estimate of drug-likeness (QED) is 0.741. The van der Waals surface area contributed by atoms with Crippen molar-refractivity contribution >= 4 is 11.8 Å². The Labute approximate surface area is 81.6 Å². The molecule has 0 aromatic carbocycles. The van der Waals surface area contributed by atoms with E-state index in [9.17, 15) is 0 Å². The molecule has 4 heteroatoms. The molecule has 0 saturated heterocycles. The maximum absolute atomic E-state index is 8.83. The molecule has 2 rings (SSSR count). The van der Waals surface area contributed by atoms with E-state index >= 15 is 0 Å². The maximum Gasteiger partial charge on any atom is 0.187 e. The van der Waals surface area contributed by atoms with Crippen molar-refractivity contribution in [3.63, 3.8) is 0 Å². The monoisotopic (exact) mass is 196 g/mol. The zero-order valence-electron chi connectivity index (χ0n) is 7.26. The van der Waals surface area contributed by atoms with Gasteiger partial charge >= 0.3 is 0 Å². The van der Waals surface area contributed by atoms with E-state index in [1.807, 2.05) is 6.07 Å². The summed E-state index contributed by atoms with van der Waals surface area (Å²) in [5.41, 5.74) is 0. The van der Waals surface area contributed by atoms with Crippen molar-refractivity contribution in [1.29, 1.82) is 0 Å². The van der Waals surface area contributed by atoms with Crippen molar-refractivity contribution < 1.29 is 5.11 Å². The molecule has 1 saturated carbocycles. The molecule has 0 atom stereocenters. The van der Waals surface area contributed by atoms with Crippen LogP contribution in [-0.4, -0.2) is 26.9 Å². The fraction of sp³-hybridized carbons (Fsp3) is 0.556. The first-order valence-electron chi connectivity index (χ1n) is 4.43. The lowest BCUT2D eigenvalue weighted by atomic mass is 9.86. The zero-order chi connectivity index (χ0) is 9.10. The second kappa shape index (κ2) is 4.07. The number of aliphatic hydroxyl groups is 1. The highest BCUT2D eigenvalue weighted by molar-refractivity contribution is 7.99. The van der Waals surface area contributed by atoms with Crippen LogP contribution in [0.25, 0.3) is 0 Å². The average Bonchev–Trinajstić information content (AvgIpc) is 2.12. The van der Waals surface area contributed by atoms with E-state index in [1.54, 1.807) is 24.2 Å². The Bertz CT molecular complexity index is 262. The van der Waals surface area contributed by atoms with Gasteiger partial charge in [0.05, 0.1) is 0 Å². The SMILES string of the molecule is OC[C@H]1C[C@H](Sc2ncccn2)C1. The van der Waals surface area contributed by atoms with Crippen molar-refractivity contribution in [1.82, 2.24) is 9.97 Å². The molecule has 0 unspecified atom stereocenters. The minimum atomic E-state index is 0.326. The zero-order valence-corrected chi connectivity index (χ0v) is 8.07. The molecule has 1 N–H and O–H groups in total. The Hall–Kier alpha value is -0.610. The van der Waals surface area contributed by atoms with Crippen molar-refractivity contribution in [2.24, 2.45) is 5.92 Å². The third-order valence-corrected chi connectivity index (χ3v) is 3.40. The Morgan fingerprint density at radius 1 is 1.38 bits per heavy atom. The lowest BCUT2D eigenvalue weighted by Crippen LogP contribution is -2.28. The maximum atomic E-state index is 8.83. The first-order chi connectivity index (χ1) is 6.38. The van der Waals surface area contributed by atoms with Crippen LogP contribution in [-0.2, 0) is 0 Å². The lowest BCUT2D eigenvalue weighted by molar-refractivity contribution is 0.168. The summed E-state index contributed by atoms with van der Waals surface area (Å²) >= 11 is 1.72. The Morgan fingerprint density at radius 2 is 2.08 bits per heavy atom. The summed E-state index contributed by atoms with van der Waals surface area (Å²) < 4.78 is 0. The standard InChI is InChI=1S/C9H12N2OS/c12-6-7-4-8(5-7)13-9-10-2-1-3-11-9/h1-3,7-8,12H,4-6H2/t7-,8-. The molecule has 1 heterocycles. The summed E-state index contributed by atoms with van der Waals surface area (Å²) in [6, 6.07) is 1.82. The third-order valence-electron chi connectivity index (χ3n) is 2.26. The Kier molecular flexibility index (Phi) is 2.80. The fourth-order valence-corrected chi connectivity index (χ4v) is 2.69. The molecule has 1 aliphatic carbocycles. The summed E-state index contributed by atoms with van der Waals surface area (Å²) in [4.78, 5) is 8.28. The smallest absolute Gasteiger partial charge is 0.187 e. The van der Waals surface area contributed by atoms with Gasteiger partial charge < -0.3 is 5.11 Å². The van der Waals surface area contributed by atoms with Crippen LogP contribution in [0.4, 0.5) is 0 Å². The molecular weight excluding hydrogens is 184 g/mol. The van der Waals surface area contributed by atoms with E-state index in [0.29, 0.717) is 17.8 Å². The predicted molar refractivity (Wildman–Crippen MR) is 51.5 cm³/mol. The minimum absolute atomic E-state index is 0.326. The second-order valence-electron chi connectivity index (χ2n) is 3.29. The van der Waals surface area contributed by atoms with Gasteiger partial charge in [0.25, 0.3) is 0 Å². The van der Waals surface area contributed by atoms with Gasteiger partial charge in [-0.3, -0.25) is 0 Å². The molecule has 1 aromatic rings. The molecule has 0 bridgehead atoms. The van der Waals surface area contributed by atoms with Gasteiger partial charge in [0, 0.05) is 24.3 Å². The van der Waals surface area contributed by atoms with Gasteiger partial charge in [0.1, 0.15) is 0 Å². The summed E-state index contributed by atoms with van der Waals surface area (Å²) in [6.45, 7) is 0.326. The fourth-order valence-electron chi connectivity index (χ4n) is 1.42. The van der Waals surface area contributed by atoms with E-state index in [0.717, 1.165) is 18.0 Å². The summed E-state index contributed by atoms with van der Waals surface area (Å²) in [7, 11) is 0. The van der Waals surface area contributed by atoms with E-state index in [2.05, 4.69) is 9.97 Å². The number of aromatic nitrogens is 2. The molecule has 0 radical (unpaired) electrons. The van der Waals surface area contributed by atoms with Gasteiger partial charge in [0.2, 0.25) is 0 Å².